The highest BCUT2D eigenvalue weighted by Gasteiger charge is 2.01. The van der Waals surface area contributed by atoms with E-state index in [4.69, 9.17) is 0 Å². The van der Waals surface area contributed by atoms with Crippen molar-refractivity contribution in [3.8, 4) is 0 Å². The standard InChI is InChI=1S/C10H9N3O/c1-2-7-13-10(14)8-5-3-4-6-9(8)11-12-13/h2-7H,1H3/b7-2+. The first-order valence-electron chi connectivity index (χ1n) is 4.30. The van der Waals surface area contributed by atoms with E-state index in [2.05, 4.69) is 10.3 Å². The largest absolute Gasteiger partial charge is 0.281 e. The van der Waals surface area contributed by atoms with Crippen molar-refractivity contribution in [2.75, 3.05) is 0 Å². The number of hydrogen-bond acceptors (Lipinski definition) is 3. The Morgan fingerprint density at radius 2 is 2.14 bits per heavy atom. The lowest BCUT2D eigenvalue weighted by Gasteiger charge is -1.97. The molecule has 0 saturated heterocycles. The molecule has 0 spiro atoms. The van der Waals surface area contributed by atoms with Crippen LogP contribution in [0.3, 0.4) is 0 Å². The molecule has 4 heteroatoms. The van der Waals surface area contributed by atoms with Crippen LogP contribution in [0.1, 0.15) is 6.92 Å². The van der Waals surface area contributed by atoms with Gasteiger partial charge in [0.05, 0.1) is 5.39 Å². The minimum atomic E-state index is -0.145. The van der Waals surface area contributed by atoms with Crippen LogP contribution in [0.5, 0.6) is 0 Å². The lowest BCUT2D eigenvalue weighted by Crippen LogP contribution is -2.19. The number of allylic oxidation sites excluding steroid dienone is 1. The minimum absolute atomic E-state index is 0.145. The zero-order valence-electron chi connectivity index (χ0n) is 7.71. The van der Waals surface area contributed by atoms with E-state index < -0.39 is 0 Å². The second-order valence-corrected chi connectivity index (χ2v) is 2.84. The summed E-state index contributed by atoms with van der Waals surface area (Å²) in [4.78, 5) is 11.7. The van der Waals surface area contributed by atoms with Crippen molar-refractivity contribution in [3.05, 3.63) is 40.7 Å². The summed E-state index contributed by atoms with van der Waals surface area (Å²) in [5.41, 5.74) is 0.479. The van der Waals surface area contributed by atoms with Crippen LogP contribution in [0.15, 0.2) is 35.1 Å². The summed E-state index contributed by atoms with van der Waals surface area (Å²) in [6.45, 7) is 1.82. The summed E-state index contributed by atoms with van der Waals surface area (Å²) < 4.78 is 1.22. The Morgan fingerprint density at radius 1 is 1.36 bits per heavy atom. The van der Waals surface area contributed by atoms with E-state index in [0.29, 0.717) is 10.9 Å². The molecule has 2 aromatic rings. The molecule has 4 nitrogen and oxygen atoms in total. The third kappa shape index (κ3) is 1.31. The molecule has 0 aliphatic heterocycles. The normalized spacial score (nSPS) is 11.2. The number of nitrogens with zero attached hydrogens (tertiary/aromatic N) is 3. The minimum Gasteiger partial charge on any atom is -0.267 e. The molecule has 70 valence electrons. The SMILES string of the molecule is C/C=C/n1nnc2ccccc2c1=O. The molecule has 14 heavy (non-hydrogen) atoms. The Labute approximate surface area is 80.5 Å². The highest BCUT2D eigenvalue weighted by molar-refractivity contribution is 5.76. The predicted molar refractivity (Wildman–Crippen MR) is 54.8 cm³/mol. The zero-order chi connectivity index (χ0) is 9.97. The van der Waals surface area contributed by atoms with Gasteiger partial charge in [0.2, 0.25) is 0 Å². The van der Waals surface area contributed by atoms with Crippen molar-refractivity contribution in [2.45, 2.75) is 6.92 Å². The van der Waals surface area contributed by atoms with Gasteiger partial charge in [-0.1, -0.05) is 23.4 Å². The van der Waals surface area contributed by atoms with Gasteiger partial charge in [0.15, 0.2) is 0 Å². The summed E-state index contributed by atoms with van der Waals surface area (Å²) in [6.07, 6.45) is 3.33. The Kier molecular flexibility index (Phi) is 2.10. The first-order valence-corrected chi connectivity index (χ1v) is 4.30. The van der Waals surface area contributed by atoms with Gasteiger partial charge in [-0.05, 0) is 19.1 Å². The lowest BCUT2D eigenvalue weighted by atomic mass is 10.2. The summed E-state index contributed by atoms with van der Waals surface area (Å²) >= 11 is 0. The fraction of sp³-hybridized carbons (Fsp3) is 0.100. The maximum Gasteiger partial charge on any atom is 0.281 e. The second-order valence-electron chi connectivity index (χ2n) is 2.84. The average Bonchev–Trinajstić information content (AvgIpc) is 2.23. The van der Waals surface area contributed by atoms with Crippen LogP contribution in [0.2, 0.25) is 0 Å². The third-order valence-corrected chi connectivity index (χ3v) is 1.88. The molecule has 0 bridgehead atoms. The lowest BCUT2D eigenvalue weighted by molar-refractivity contribution is 0.771. The molecule has 2 rings (SSSR count). The molecule has 1 aromatic carbocycles. The molecule has 1 aromatic heterocycles. The molecular formula is C10H9N3O. The first kappa shape index (κ1) is 8.62. The molecule has 0 N–H and O–H groups in total. The Hall–Kier alpha value is -1.97. The first-order chi connectivity index (χ1) is 6.83. The van der Waals surface area contributed by atoms with Crippen molar-refractivity contribution in [1.29, 1.82) is 0 Å². The van der Waals surface area contributed by atoms with Gasteiger partial charge in [-0.25, -0.2) is 0 Å². The highest BCUT2D eigenvalue weighted by atomic mass is 16.1. The predicted octanol–water partition coefficient (Wildman–Crippen LogP) is 1.28. The Morgan fingerprint density at radius 3 is 2.93 bits per heavy atom. The number of benzene rings is 1. The maximum atomic E-state index is 11.7. The molecule has 0 unspecified atom stereocenters. The quantitative estimate of drug-likeness (QED) is 0.675. The van der Waals surface area contributed by atoms with E-state index in [0.717, 1.165) is 0 Å². The van der Waals surface area contributed by atoms with E-state index in [-0.39, 0.29) is 5.56 Å². The van der Waals surface area contributed by atoms with Gasteiger partial charge in [0, 0.05) is 6.20 Å². The molecule has 0 aliphatic carbocycles. The van der Waals surface area contributed by atoms with E-state index in [1.807, 2.05) is 19.1 Å². The van der Waals surface area contributed by atoms with E-state index >= 15 is 0 Å². The van der Waals surface area contributed by atoms with Gasteiger partial charge in [-0.2, -0.15) is 4.68 Å². The van der Waals surface area contributed by atoms with E-state index in [1.165, 1.54) is 4.68 Å². The van der Waals surface area contributed by atoms with Crippen LogP contribution >= 0.6 is 0 Å². The van der Waals surface area contributed by atoms with Crippen LogP contribution in [0, 0.1) is 0 Å². The molecule has 1 heterocycles. The maximum absolute atomic E-state index is 11.7. The van der Waals surface area contributed by atoms with Crippen molar-refractivity contribution < 1.29 is 0 Å². The van der Waals surface area contributed by atoms with Gasteiger partial charge < -0.3 is 0 Å². The summed E-state index contributed by atoms with van der Waals surface area (Å²) in [6, 6.07) is 7.15. The van der Waals surface area contributed by atoms with Crippen LogP contribution in [0.25, 0.3) is 17.1 Å². The van der Waals surface area contributed by atoms with Crippen LogP contribution in [0.4, 0.5) is 0 Å². The molecular weight excluding hydrogens is 178 g/mol. The van der Waals surface area contributed by atoms with E-state index in [9.17, 15) is 4.79 Å². The van der Waals surface area contributed by atoms with Crippen LogP contribution in [-0.2, 0) is 0 Å². The molecule has 0 atom stereocenters. The number of hydrogen-bond donors (Lipinski definition) is 0. The van der Waals surface area contributed by atoms with Crippen molar-refractivity contribution in [2.24, 2.45) is 0 Å². The van der Waals surface area contributed by atoms with Gasteiger partial charge in [-0.3, -0.25) is 4.79 Å². The van der Waals surface area contributed by atoms with Crippen LogP contribution < -0.4 is 5.56 Å². The topological polar surface area (TPSA) is 47.8 Å². The fourth-order valence-corrected chi connectivity index (χ4v) is 1.24. The van der Waals surface area contributed by atoms with Crippen molar-refractivity contribution in [3.63, 3.8) is 0 Å². The average molecular weight is 187 g/mol. The Bertz CT molecular complexity index is 542. The molecule has 0 saturated carbocycles. The van der Waals surface area contributed by atoms with E-state index in [1.54, 1.807) is 24.4 Å². The number of fused-ring (bicyclic) bond motifs is 1. The molecule has 0 aliphatic rings. The molecule has 0 amide bonds. The zero-order valence-corrected chi connectivity index (χ0v) is 7.71. The fourth-order valence-electron chi connectivity index (χ4n) is 1.24. The smallest absolute Gasteiger partial charge is 0.267 e. The Balaban J connectivity index is 2.82. The van der Waals surface area contributed by atoms with Gasteiger partial charge in [-0.15, -0.1) is 5.10 Å². The van der Waals surface area contributed by atoms with Gasteiger partial charge >= 0.3 is 0 Å². The molecule has 0 radical (unpaired) electrons. The second kappa shape index (κ2) is 3.41. The van der Waals surface area contributed by atoms with Gasteiger partial charge in [0.25, 0.3) is 5.56 Å². The highest BCUT2D eigenvalue weighted by Crippen LogP contribution is 2.02. The summed E-state index contributed by atoms with van der Waals surface area (Å²) in [5.74, 6) is 0. The van der Waals surface area contributed by atoms with Crippen molar-refractivity contribution in [1.82, 2.24) is 15.0 Å². The third-order valence-electron chi connectivity index (χ3n) is 1.88. The van der Waals surface area contributed by atoms with Crippen molar-refractivity contribution >= 4 is 17.1 Å². The number of rotatable bonds is 1. The monoisotopic (exact) mass is 187 g/mol. The summed E-state index contributed by atoms with van der Waals surface area (Å²) in [7, 11) is 0. The molecule has 0 fully saturated rings. The van der Waals surface area contributed by atoms with Crippen LogP contribution in [-0.4, -0.2) is 15.0 Å². The number of aromatic nitrogens is 3. The van der Waals surface area contributed by atoms with Gasteiger partial charge in [0.1, 0.15) is 5.52 Å². The summed E-state index contributed by atoms with van der Waals surface area (Å²) in [5, 5.41) is 8.27.